The molecule has 1 rings (SSSR count). The highest BCUT2D eigenvalue weighted by molar-refractivity contribution is 5.29. The second-order valence-corrected chi connectivity index (χ2v) is 6.61. The number of methoxy groups -OCH3 is 1. The van der Waals surface area contributed by atoms with Crippen LogP contribution in [-0.2, 0) is 6.42 Å². The maximum atomic E-state index is 5.33. The monoisotopic (exact) mass is 277 g/mol. The summed E-state index contributed by atoms with van der Waals surface area (Å²) in [6.45, 7) is 11.3. The molecular weight excluding hydrogens is 246 g/mol. The number of benzene rings is 1. The molecule has 0 aliphatic rings. The summed E-state index contributed by atoms with van der Waals surface area (Å²) >= 11 is 0. The number of ether oxygens (including phenoxy) is 1. The Balaban J connectivity index is 2.68. The van der Waals surface area contributed by atoms with E-state index in [9.17, 15) is 0 Å². The molecule has 0 amide bonds. The van der Waals surface area contributed by atoms with Crippen LogP contribution >= 0.6 is 0 Å². The zero-order chi connectivity index (χ0) is 15.0. The summed E-state index contributed by atoms with van der Waals surface area (Å²) in [5.41, 5.74) is 1.68. The SMILES string of the molecule is CCCC(C)(CNCC(C)C)Cc1cccc(OC)c1. The van der Waals surface area contributed by atoms with Crippen molar-refractivity contribution in [3.05, 3.63) is 29.8 Å². The van der Waals surface area contributed by atoms with E-state index >= 15 is 0 Å². The maximum absolute atomic E-state index is 5.33. The van der Waals surface area contributed by atoms with Gasteiger partial charge in [0.05, 0.1) is 7.11 Å². The van der Waals surface area contributed by atoms with E-state index in [0.29, 0.717) is 11.3 Å². The maximum Gasteiger partial charge on any atom is 0.119 e. The first-order valence-corrected chi connectivity index (χ1v) is 7.83. The van der Waals surface area contributed by atoms with E-state index in [1.807, 2.05) is 6.07 Å². The molecule has 2 nitrogen and oxygen atoms in total. The second-order valence-electron chi connectivity index (χ2n) is 6.61. The van der Waals surface area contributed by atoms with Crippen molar-refractivity contribution in [3.63, 3.8) is 0 Å². The van der Waals surface area contributed by atoms with Crippen LogP contribution in [0.5, 0.6) is 5.75 Å². The van der Waals surface area contributed by atoms with E-state index in [-0.39, 0.29) is 0 Å². The third-order valence-corrected chi connectivity index (χ3v) is 3.72. The van der Waals surface area contributed by atoms with Crippen LogP contribution < -0.4 is 10.1 Å². The van der Waals surface area contributed by atoms with Gasteiger partial charge in [0.15, 0.2) is 0 Å². The molecule has 20 heavy (non-hydrogen) atoms. The van der Waals surface area contributed by atoms with Gasteiger partial charge in [-0.05, 0) is 48.4 Å². The number of nitrogens with one attached hydrogen (secondary N) is 1. The fraction of sp³-hybridized carbons (Fsp3) is 0.667. The summed E-state index contributed by atoms with van der Waals surface area (Å²) in [4.78, 5) is 0. The van der Waals surface area contributed by atoms with E-state index in [0.717, 1.165) is 25.3 Å². The lowest BCUT2D eigenvalue weighted by Gasteiger charge is -2.30. The summed E-state index contributed by atoms with van der Waals surface area (Å²) in [5.74, 6) is 1.66. The summed E-state index contributed by atoms with van der Waals surface area (Å²) in [7, 11) is 1.73. The molecule has 0 fully saturated rings. The minimum absolute atomic E-state index is 0.315. The van der Waals surface area contributed by atoms with Gasteiger partial charge in [-0.25, -0.2) is 0 Å². The van der Waals surface area contributed by atoms with Crippen molar-refractivity contribution in [2.45, 2.75) is 47.0 Å². The molecule has 0 aliphatic heterocycles. The average Bonchev–Trinajstić information content (AvgIpc) is 2.38. The molecule has 2 heteroatoms. The van der Waals surface area contributed by atoms with E-state index in [2.05, 4.69) is 51.2 Å². The van der Waals surface area contributed by atoms with E-state index < -0.39 is 0 Å². The smallest absolute Gasteiger partial charge is 0.119 e. The first-order valence-electron chi connectivity index (χ1n) is 7.83. The molecule has 1 aromatic carbocycles. The fourth-order valence-electron chi connectivity index (χ4n) is 2.78. The zero-order valence-corrected chi connectivity index (χ0v) is 13.8. The van der Waals surface area contributed by atoms with Crippen LogP contribution in [-0.4, -0.2) is 20.2 Å². The first kappa shape index (κ1) is 17.0. The van der Waals surface area contributed by atoms with Crippen LogP contribution in [0.25, 0.3) is 0 Å². The highest BCUT2D eigenvalue weighted by Crippen LogP contribution is 2.29. The van der Waals surface area contributed by atoms with Gasteiger partial charge in [0, 0.05) is 6.54 Å². The molecule has 0 bridgehead atoms. The minimum atomic E-state index is 0.315. The van der Waals surface area contributed by atoms with Gasteiger partial charge in [-0.2, -0.15) is 0 Å². The molecule has 0 radical (unpaired) electrons. The highest BCUT2D eigenvalue weighted by atomic mass is 16.5. The van der Waals surface area contributed by atoms with Crippen molar-refractivity contribution in [1.29, 1.82) is 0 Å². The summed E-state index contributed by atoms with van der Waals surface area (Å²) < 4.78 is 5.33. The molecule has 114 valence electrons. The third-order valence-electron chi connectivity index (χ3n) is 3.72. The van der Waals surface area contributed by atoms with Crippen molar-refractivity contribution in [2.24, 2.45) is 11.3 Å². The van der Waals surface area contributed by atoms with Crippen molar-refractivity contribution in [1.82, 2.24) is 5.32 Å². The normalized spacial score (nSPS) is 14.3. The van der Waals surface area contributed by atoms with Crippen LogP contribution in [0.1, 0.15) is 46.1 Å². The number of rotatable bonds is 9. The van der Waals surface area contributed by atoms with Gasteiger partial charge >= 0.3 is 0 Å². The Morgan fingerprint density at radius 1 is 1.30 bits per heavy atom. The van der Waals surface area contributed by atoms with Gasteiger partial charge in [-0.15, -0.1) is 0 Å². The third kappa shape index (κ3) is 5.96. The van der Waals surface area contributed by atoms with Crippen LogP contribution in [0.2, 0.25) is 0 Å². The quantitative estimate of drug-likeness (QED) is 0.727. The van der Waals surface area contributed by atoms with Gasteiger partial charge in [0.2, 0.25) is 0 Å². The van der Waals surface area contributed by atoms with E-state index in [1.165, 1.54) is 18.4 Å². The molecule has 1 atom stereocenters. The predicted octanol–water partition coefficient (Wildman–Crippen LogP) is 4.29. The first-order chi connectivity index (χ1) is 9.49. The Bertz CT molecular complexity index is 389. The lowest BCUT2D eigenvalue weighted by Crippen LogP contribution is -2.35. The van der Waals surface area contributed by atoms with Crippen LogP contribution in [0.3, 0.4) is 0 Å². The molecule has 0 heterocycles. The molecule has 1 unspecified atom stereocenters. The predicted molar refractivity (Wildman–Crippen MR) is 87.4 cm³/mol. The van der Waals surface area contributed by atoms with Crippen LogP contribution in [0.15, 0.2) is 24.3 Å². The molecule has 0 spiro atoms. The zero-order valence-electron chi connectivity index (χ0n) is 13.8. The van der Waals surface area contributed by atoms with Crippen molar-refractivity contribution in [2.75, 3.05) is 20.2 Å². The lowest BCUT2D eigenvalue weighted by molar-refractivity contribution is 0.270. The molecule has 0 aliphatic carbocycles. The standard InChI is InChI=1S/C18H31NO/c1-6-10-18(4,14-19-13-15(2)3)12-16-8-7-9-17(11-16)20-5/h7-9,11,15,19H,6,10,12-14H2,1-5H3. The Morgan fingerprint density at radius 2 is 2.05 bits per heavy atom. The van der Waals surface area contributed by atoms with Gasteiger partial charge in [-0.1, -0.05) is 46.2 Å². The molecule has 0 aromatic heterocycles. The van der Waals surface area contributed by atoms with Crippen molar-refractivity contribution in [3.8, 4) is 5.75 Å². The average molecular weight is 277 g/mol. The number of hydrogen-bond acceptors (Lipinski definition) is 2. The minimum Gasteiger partial charge on any atom is -0.497 e. The summed E-state index contributed by atoms with van der Waals surface area (Å²) in [6.07, 6.45) is 3.57. The largest absolute Gasteiger partial charge is 0.497 e. The summed E-state index contributed by atoms with van der Waals surface area (Å²) in [5, 5.41) is 3.63. The Kier molecular flexibility index (Phi) is 7.08. The molecule has 0 saturated heterocycles. The van der Waals surface area contributed by atoms with E-state index in [4.69, 9.17) is 4.74 Å². The fourth-order valence-corrected chi connectivity index (χ4v) is 2.78. The molecular formula is C18H31NO. The molecule has 0 saturated carbocycles. The topological polar surface area (TPSA) is 21.3 Å². The number of hydrogen-bond donors (Lipinski definition) is 1. The van der Waals surface area contributed by atoms with Gasteiger partial charge in [-0.3, -0.25) is 0 Å². The Labute approximate surface area is 124 Å². The Morgan fingerprint density at radius 3 is 2.65 bits per heavy atom. The second kappa shape index (κ2) is 8.31. The highest BCUT2D eigenvalue weighted by Gasteiger charge is 2.23. The van der Waals surface area contributed by atoms with Gasteiger partial charge < -0.3 is 10.1 Å². The summed E-state index contributed by atoms with van der Waals surface area (Å²) in [6, 6.07) is 8.47. The van der Waals surface area contributed by atoms with Gasteiger partial charge in [0.1, 0.15) is 5.75 Å². The molecule has 1 N–H and O–H groups in total. The van der Waals surface area contributed by atoms with Crippen molar-refractivity contribution < 1.29 is 4.74 Å². The van der Waals surface area contributed by atoms with Crippen molar-refractivity contribution >= 4 is 0 Å². The van der Waals surface area contributed by atoms with E-state index in [1.54, 1.807) is 7.11 Å². The van der Waals surface area contributed by atoms with Gasteiger partial charge in [0.25, 0.3) is 0 Å². The van der Waals surface area contributed by atoms with Crippen LogP contribution in [0, 0.1) is 11.3 Å². The Hall–Kier alpha value is -1.02. The molecule has 1 aromatic rings. The lowest BCUT2D eigenvalue weighted by atomic mass is 9.79. The van der Waals surface area contributed by atoms with Crippen LogP contribution in [0.4, 0.5) is 0 Å².